The van der Waals surface area contributed by atoms with Crippen molar-refractivity contribution in [2.45, 2.75) is 31.2 Å². The Kier molecular flexibility index (Phi) is 9.49. The third kappa shape index (κ3) is 8.56. The molecule has 0 aromatic heterocycles. The zero-order valence-corrected chi connectivity index (χ0v) is 16.6. The van der Waals surface area contributed by atoms with E-state index in [1.807, 2.05) is 18.2 Å². The van der Waals surface area contributed by atoms with Gasteiger partial charge in [-0.2, -0.15) is 8.42 Å². The van der Waals surface area contributed by atoms with E-state index in [4.69, 9.17) is 9.66 Å². The van der Waals surface area contributed by atoms with Gasteiger partial charge in [0, 0.05) is 0 Å². The van der Waals surface area contributed by atoms with E-state index in [1.165, 1.54) is 5.56 Å². The van der Waals surface area contributed by atoms with Crippen LogP contribution in [0, 0.1) is 5.92 Å². The smallest absolute Gasteiger partial charge is 0.306 e. The van der Waals surface area contributed by atoms with E-state index in [2.05, 4.69) is 21.4 Å². The van der Waals surface area contributed by atoms with Gasteiger partial charge in [0.1, 0.15) is 4.99 Å². The van der Waals surface area contributed by atoms with Crippen molar-refractivity contribution >= 4 is 25.3 Å². The highest BCUT2D eigenvalue weighted by Gasteiger charge is 2.18. The number of carboxylic acid groups (broad SMARTS) is 1. The second-order valence-corrected chi connectivity index (χ2v) is 8.65. The van der Waals surface area contributed by atoms with Crippen LogP contribution < -0.4 is 0 Å². The predicted molar refractivity (Wildman–Crippen MR) is 107 cm³/mol. The van der Waals surface area contributed by atoms with Gasteiger partial charge in [0.15, 0.2) is 0 Å². The first-order chi connectivity index (χ1) is 12.2. The Morgan fingerprint density at radius 3 is 2.00 bits per heavy atom. The van der Waals surface area contributed by atoms with Crippen LogP contribution in [0.15, 0.2) is 60.7 Å². The van der Waals surface area contributed by atoms with E-state index in [1.54, 1.807) is 37.3 Å². The molecule has 0 saturated carbocycles. The minimum Gasteiger partial charge on any atom is -0.481 e. The van der Waals surface area contributed by atoms with Crippen molar-refractivity contribution in [1.82, 2.24) is 0 Å². The summed E-state index contributed by atoms with van der Waals surface area (Å²) in [5.41, 5.74) is 1.84. The Labute approximate surface area is 157 Å². The molecule has 0 aliphatic rings. The highest BCUT2D eigenvalue weighted by atomic mass is 32.2. The maximum Gasteiger partial charge on any atom is 0.306 e. The van der Waals surface area contributed by atoms with Crippen molar-refractivity contribution in [3.63, 3.8) is 0 Å². The summed E-state index contributed by atoms with van der Waals surface area (Å²) in [5.74, 6) is -0.920. The molecule has 0 spiro atoms. The lowest BCUT2D eigenvalue weighted by Crippen LogP contribution is -2.09. The van der Waals surface area contributed by atoms with Crippen LogP contribution in [-0.2, 0) is 21.3 Å². The summed E-state index contributed by atoms with van der Waals surface area (Å²) in [6.45, 7) is 1.76. The molecule has 0 heterocycles. The molecule has 0 aliphatic heterocycles. The summed E-state index contributed by atoms with van der Waals surface area (Å²) in [5, 5.41) is 8.68. The van der Waals surface area contributed by atoms with Gasteiger partial charge in [0.2, 0.25) is 0 Å². The molecule has 142 valence electrons. The van der Waals surface area contributed by atoms with E-state index >= 15 is 0 Å². The molecule has 0 radical (unpaired) electrons. The molecule has 3 atom stereocenters. The summed E-state index contributed by atoms with van der Waals surface area (Å²) >= 11 is 0. The standard InChI is InChI=1S/C12H16O2.C7H9O3PS/c1-10(12(13)14)6-5-9-11-7-3-2-4-8-11;8-12(9,10)7(11)6-4-2-1-3-5-6/h2-4,7-8,10H,5-6,9H2,1H3,(H,13,14);1-5,7H,11H2,(H,8,9,10). The number of benzene rings is 2. The second kappa shape index (κ2) is 11.1. The van der Waals surface area contributed by atoms with Crippen LogP contribution in [0.5, 0.6) is 0 Å². The normalized spacial score (nSPS) is 13.2. The SMILES string of the molecule is CC(CCCc1ccccc1)C(=O)O.O=S(=O)(O)C(P)c1ccccc1. The average Bonchev–Trinajstić information content (AvgIpc) is 2.62. The van der Waals surface area contributed by atoms with Gasteiger partial charge in [-0.15, -0.1) is 9.24 Å². The van der Waals surface area contributed by atoms with Gasteiger partial charge in [-0.1, -0.05) is 67.6 Å². The summed E-state index contributed by atoms with van der Waals surface area (Å²) in [4.78, 5) is 9.61. The molecule has 2 rings (SSSR count). The van der Waals surface area contributed by atoms with Gasteiger partial charge in [-0.3, -0.25) is 9.35 Å². The van der Waals surface area contributed by atoms with Crippen molar-refractivity contribution < 1.29 is 22.9 Å². The van der Waals surface area contributed by atoms with E-state index < -0.39 is 21.1 Å². The minimum atomic E-state index is -3.99. The van der Waals surface area contributed by atoms with Crippen LogP contribution in [0.1, 0.15) is 35.9 Å². The van der Waals surface area contributed by atoms with Gasteiger partial charge in [-0.25, -0.2) is 0 Å². The lowest BCUT2D eigenvalue weighted by atomic mass is 10.0. The number of carbonyl (C=O) groups is 1. The topological polar surface area (TPSA) is 91.7 Å². The van der Waals surface area contributed by atoms with Gasteiger partial charge < -0.3 is 5.11 Å². The largest absolute Gasteiger partial charge is 0.481 e. The van der Waals surface area contributed by atoms with Gasteiger partial charge >= 0.3 is 5.97 Å². The molecular formula is C19H25O5PS. The van der Waals surface area contributed by atoms with E-state index in [-0.39, 0.29) is 5.92 Å². The summed E-state index contributed by atoms with van der Waals surface area (Å²) < 4.78 is 30.0. The summed E-state index contributed by atoms with van der Waals surface area (Å²) in [6, 6.07) is 18.7. The number of aryl methyl sites for hydroxylation is 1. The zero-order valence-electron chi connectivity index (χ0n) is 14.7. The lowest BCUT2D eigenvalue weighted by molar-refractivity contribution is -0.141. The number of carboxylic acids is 1. The number of aliphatic carboxylic acids is 1. The lowest BCUT2D eigenvalue weighted by Gasteiger charge is -2.06. The third-order valence-electron chi connectivity index (χ3n) is 3.82. The second-order valence-electron chi connectivity index (χ2n) is 5.96. The number of hydrogen-bond acceptors (Lipinski definition) is 3. The molecule has 0 amide bonds. The first kappa shape index (κ1) is 22.3. The number of rotatable bonds is 7. The van der Waals surface area contributed by atoms with E-state index in [0.717, 1.165) is 19.3 Å². The quantitative estimate of drug-likeness (QED) is 0.541. The average molecular weight is 396 g/mol. The Morgan fingerprint density at radius 1 is 1.04 bits per heavy atom. The molecule has 2 aromatic carbocycles. The van der Waals surface area contributed by atoms with Gasteiger partial charge in [-0.05, 0) is 30.4 Å². The molecule has 26 heavy (non-hydrogen) atoms. The first-order valence-electron chi connectivity index (χ1n) is 8.25. The summed E-state index contributed by atoms with van der Waals surface area (Å²) in [6.07, 6.45) is 2.67. The molecule has 0 aliphatic carbocycles. The monoisotopic (exact) mass is 396 g/mol. The minimum absolute atomic E-state index is 0.223. The van der Waals surface area contributed by atoms with Crippen LogP contribution in [-0.4, -0.2) is 24.0 Å². The fraction of sp³-hybridized carbons (Fsp3) is 0.316. The Hall–Kier alpha value is -1.75. The Morgan fingerprint density at radius 2 is 1.54 bits per heavy atom. The maximum atomic E-state index is 10.7. The maximum absolute atomic E-state index is 10.7. The molecule has 2 N–H and O–H groups in total. The molecular weight excluding hydrogens is 371 g/mol. The first-order valence-corrected chi connectivity index (χ1v) is 10.4. The van der Waals surface area contributed by atoms with E-state index in [0.29, 0.717) is 5.56 Å². The zero-order chi connectivity index (χ0) is 19.6. The van der Waals surface area contributed by atoms with E-state index in [9.17, 15) is 13.2 Å². The van der Waals surface area contributed by atoms with Crippen molar-refractivity contribution in [3.8, 4) is 0 Å². The van der Waals surface area contributed by atoms with Crippen molar-refractivity contribution in [3.05, 3.63) is 71.8 Å². The predicted octanol–water partition coefficient (Wildman–Crippen LogP) is 4.18. The van der Waals surface area contributed by atoms with Crippen LogP contribution in [0.2, 0.25) is 0 Å². The van der Waals surface area contributed by atoms with Crippen LogP contribution in [0.3, 0.4) is 0 Å². The fourth-order valence-electron chi connectivity index (χ4n) is 2.20. The molecule has 2 aromatic rings. The van der Waals surface area contributed by atoms with Gasteiger partial charge in [0.05, 0.1) is 5.92 Å². The molecule has 0 fully saturated rings. The van der Waals surface area contributed by atoms with Crippen LogP contribution in [0.4, 0.5) is 0 Å². The molecule has 0 saturated heterocycles. The van der Waals surface area contributed by atoms with Crippen LogP contribution in [0.25, 0.3) is 0 Å². The molecule has 0 bridgehead atoms. The summed E-state index contributed by atoms with van der Waals surface area (Å²) in [7, 11) is -1.91. The van der Waals surface area contributed by atoms with Gasteiger partial charge in [0.25, 0.3) is 10.1 Å². The number of hydrogen-bond donors (Lipinski definition) is 2. The molecule has 5 nitrogen and oxygen atoms in total. The highest BCUT2D eigenvalue weighted by Crippen LogP contribution is 2.27. The van der Waals surface area contributed by atoms with Crippen molar-refractivity contribution in [2.24, 2.45) is 5.92 Å². The molecule has 3 unspecified atom stereocenters. The Balaban J connectivity index is 0.000000263. The Bertz CT molecular complexity index is 763. The van der Waals surface area contributed by atoms with Crippen molar-refractivity contribution in [1.29, 1.82) is 0 Å². The molecule has 7 heteroatoms. The van der Waals surface area contributed by atoms with Crippen LogP contribution >= 0.6 is 9.24 Å². The highest BCUT2D eigenvalue weighted by molar-refractivity contribution is 7.90. The van der Waals surface area contributed by atoms with Crippen molar-refractivity contribution in [2.75, 3.05) is 0 Å². The fourth-order valence-corrected chi connectivity index (χ4v) is 2.92. The third-order valence-corrected chi connectivity index (χ3v) is 6.15.